The fourth-order valence-corrected chi connectivity index (χ4v) is 4.36. The Labute approximate surface area is 188 Å². The van der Waals surface area contributed by atoms with Gasteiger partial charge in [0.15, 0.2) is 5.65 Å². The standard InChI is InChI=1S/C26H27N5O/c1-2-15-29-16-18-30(19-17-29)26(32)21-10-12-22(13-11-21)31-24(20-7-4-3-5-8-20)28-23-9-6-14-27-25(23)31/h3-14H,2,15-19H2,1H3. The number of benzene rings is 2. The molecule has 0 spiro atoms. The highest BCUT2D eigenvalue weighted by atomic mass is 16.2. The predicted molar refractivity (Wildman–Crippen MR) is 127 cm³/mol. The van der Waals surface area contributed by atoms with Gasteiger partial charge in [0.1, 0.15) is 11.3 Å². The summed E-state index contributed by atoms with van der Waals surface area (Å²) >= 11 is 0. The highest BCUT2D eigenvalue weighted by molar-refractivity contribution is 5.94. The molecule has 32 heavy (non-hydrogen) atoms. The third-order valence-electron chi connectivity index (χ3n) is 6.02. The first-order valence-electron chi connectivity index (χ1n) is 11.3. The number of amides is 1. The van der Waals surface area contributed by atoms with E-state index in [2.05, 4.69) is 21.4 Å². The van der Waals surface area contributed by atoms with Gasteiger partial charge in [0.25, 0.3) is 5.91 Å². The minimum atomic E-state index is 0.101. The van der Waals surface area contributed by atoms with Crippen LogP contribution in [-0.2, 0) is 0 Å². The Morgan fingerprint density at radius 2 is 1.66 bits per heavy atom. The van der Waals surface area contributed by atoms with Gasteiger partial charge in [0.05, 0.1) is 0 Å². The summed E-state index contributed by atoms with van der Waals surface area (Å²) in [6, 6.07) is 21.8. The summed E-state index contributed by atoms with van der Waals surface area (Å²) in [5.74, 6) is 0.940. The molecule has 1 fully saturated rings. The van der Waals surface area contributed by atoms with Crippen molar-refractivity contribution < 1.29 is 4.79 Å². The molecule has 1 saturated heterocycles. The summed E-state index contributed by atoms with van der Waals surface area (Å²) in [6.07, 6.45) is 2.93. The molecular formula is C26H27N5O. The molecule has 1 amide bonds. The van der Waals surface area contributed by atoms with Crippen molar-refractivity contribution in [2.24, 2.45) is 0 Å². The Balaban J connectivity index is 1.44. The van der Waals surface area contributed by atoms with Gasteiger partial charge >= 0.3 is 0 Å². The molecule has 2 aromatic carbocycles. The lowest BCUT2D eigenvalue weighted by Crippen LogP contribution is -2.48. The van der Waals surface area contributed by atoms with Crippen LogP contribution in [0.15, 0.2) is 72.9 Å². The van der Waals surface area contributed by atoms with Crippen molar-refractivity contribution in [1.29, 1.82) is 0 Å². The van der Waals surface area contributed by atoms with E-state index in [1.54, 1.807) is 6.20 Å². The summed E-state index contributed by atoms with van der Waals surface area (Å²) < 4.78 is 2.06. The van der Waals surface area contributed by atoms with E-state index in [1.807, 2.05) is 71.6 Å². The van der Waals surface area contributed by atoms with Crippen LogP contribution in [0.1, 0.15) is 23.7 Å². The number of imidazole rings is 1. The summed E-state index contributed by atoms with van der Waals surface area (Å²) in [5, 5.41) is 0. The van der Waals surface area contributed by atoms with Crippen molar-refractivity contribution in [1.82, 2.24) is 24.3 Å². The number of aromatic nitrogens is 3. The molecular weight excluding hydrogens is 398 g/mol. The zero-order valence-electron chi connectivity index (χ0n) is 18.3. The number of carbonyl (C=O) groups is 1. The molecule has 0 unspecified atom stereocenters. The second kappa shape index (κ2) is 8.93. The third-order valence-corrected chi connectivity index (χ3v) is 6.02. The third kappa shape index (κ3) is 3.89. The molecule has 1 aliphatic heterocycles. The van der Waals surface area contributed by atoms with Crippen LogP contribution in [0.4, 0.5) is 0 Å². The van der Waals surface area contributed by atoms with E-state index in [-0.39, 0.29) is 5.91 Å². The summed E-state index contributed by atoms with van der Waals surface area (Å²) in [5.41, 5.74) is 4.33. The molecule has 0 N–H and O–H groups in total. The van der Waals surface area contributed by atoms with Gasteiger partial charge in [-0.3, -0.25) is 14.3 Å². The largest absolute Gasteiger partial charge is 0.336 e. The lowest BCUT2D eigenvalue weighted by Gasteiger charge is -2.34. The number of pyridine rings is 1. The highest BCUT2D eigenvalue weighted by Crippen LogP contribution is 2.27. The van der Waals surface area contributed by atoms with Crippen molar-refractivity contribution in [2.45, 2.75) is 13.3 Å². The molecule has 1 aliphatic rings. The molecule has 3 heterocycles. The second-order valence-corrected chi connectivity index (χ2v) is 8.16. The van der Waals surface area contributed by atoms with Gasteiger partial charge < -0.3 is 4.90 Å². The smallest absolute Gasteiger partial charge is 0.253 e. The van der Waals surface area contributed by atoms with E-state index in [0.717, 1.165) is 72.9 Å². The van der Waals surface area contributed by atoms with Crippen molar-refractivity contribution in [2.75, 3.05) is 32.7 Å². The molecule has 0 saturated carbocycles. The second-order valence-electron chi connectivity index (χ2n) is 8.16. The summed E-state index contributed by atoms with van der Waals surface area (Å²) in [4.78, 5) is 26.8. The van der Waals surface area contributed by atoms with Crippen molar-refractivity contribution in [3.63, 3.8) is 0 Å². The maximum absolute atomic E-state index is 13.0. The Morgan fingerprint density at radius 1 is 0.906 bits per heavy atom. The lowest BCUT2D eigenvalue weighted by molar-refractivity contribution is 0.0637. The molecule has 0 aliphatic carbocycles. The number of hydrogen-bond acceptors (Lipinski definition) is 4. The molecule has 4 aromatic rings. The van der Waals surface area contributed by atoms with E-state index in [0.29, 0.717) is 0 Å². The van der Waals surface area contributed by atoms with Gasteiger partial charge in [-0.15, -0.1) is 0 Å². The van der Waals surface area contributed by atoms with E-state index in [1.165, 1.54) is 0 Å². The van der Waals surface area contributed by atoms with Crippen LogP contribution in [0.2, 0.25) is 0 Å². The zero-order valence-corrected chi connectivity index (χ0v) is 18.3. The van der Waals surface area contributed by atoms with Gasteiger partial charge in [0, 0.05) is 49.2 Å². The normalized spacial score (nSPS) is 14.7. The van der Waals surface area contributed by atoms with E-state index >= 15 is 0 Å². The molecule has 2 aromatic heterocycles. The van der Waals surface area contributed by atoms with Crippen molar-refractivity contribution in [3.05, 3.63) is 78.5 Å². The first kappa shape index (κ1) is 20.4. The maximum Gasteiger partial charge on any atom is 0.253 e. The number of hydrogen-bond donors (Lipinski definition) is 0. The van der Waals surface area contributed by atoms with Gasteiger partial charge in [0.2, 0.25) is 0 Å². The van der Waals surface area contributed by atoms with E-state index in [9.17, 15) is 4.79 Å². The fourth-order valence-electron chi connectivity index (χ4n) is 4.36. The zero-order chi connectivity index (χ0) is 21.9. The Kier molecular flexibility index (Phi) is 5.69. The van der Waals surface area contributed by atoms with Crippen LogP contribution in [0.3, 0.4) is 0 Å². The lowest BCUT2D eigenvalue weighted by atomic mass is 10.1. The Hall–Kier alpha value is -3.51. The first-order chi connectivity index (χ1) is 15.7. The van der Waals surface area contributed by atoms with Gasteiger partial charge in [-0.25, -0.2) is 9.97 Å². The SMILES string of the molecule is CCCN1CCN(C(=O)c2ccc(-n3c(-c4ccccc4)nc4cccnc43)cc2)CC1. The number of piperazine rings is 1. The van der Waals surface area contributed by atoms with Gasteiger partial charge in [-0.1, -0.05) is 37.3 Å². The van der Waals surface area contributed by atoms with Crippen LogP contribution < -0.4 is 0 Å². The van der Waals surface area contributed by atoms with Crippen LogP contribution in [-0.4, -0.2) is 63.0 Å². The molecule has 0 atom stereocenters. The van der Waals surface area contributed by atoms with Crippen LogP contribution in [0.5, 0.6) is 0 Å². The first-order valence-corrected chi connectivity index (χ1v) is 11.3. The molecule has 6 heteroatoms. The topological polar surface area (TPSA) is 54.3 Å². The minimum Gasteiger partial charge on any atom is -0.336 e. The predicted octanol–water partition coefficient (Wildman–Crippen LogP) is 4.26. The number of nitrogens with zero attached hydrogens (tertiary/aromatic N) is 5. The minimum absolute atomic E-state index is 0.101. The average Bonchev–Trinajstić information content (AvgIpc) is 3.25. The van der Waals surface area contributed by atoms with Crippen molar-refractivity contribution >= 4 is 17.1 Å². The summed E-state index contributed by atoms with van der Waals surface area (Å²) in [7, 11) is 0. The molecule has 162 valence electrons. The monoisotopic (exact) mass is 425 g/mol. The fraction of sp³-hybridized carbons (Fsp3) is 0.269. The van der Waals surface area contributed by atoms with E-state index in [4.69, 9.17) is 4.98 Å². The molecule has 0 bridgehead atoms. The number of fused-ring (bicyclic) bond motifs is 1. The van der Waals surface area contributed by atoms with Crippen molar-refractivity contribution in [3.8, 4) is 17.1 Å². The average molecular weight is 426 g/mol. The quantitative estimate of drug-likeness (QED) is 0.480. The highest BCUT2D eigenvalue weighted by Gasteiger charge is 2.22. The van der Waals surface area contributed by atoms with E-state index < -0.39 is 0 Å². The number of carbonyl (C=O) groups excluding carboxylic acids is 1. The van der Waals surface area contributed by atoms with Crippen LogP contribution in [0, 0.1) is 0 Å². The molecule has 6 nitrogen and oxygen atoms in total. The number of rotatable bonds is 5. The maximum atomic E-state index is 13.0. The van der Waals surface area contributed by atoms with Gasteiger partial charge in [-0.2, -0.15) is 0 Å². The molecule has 5 rings (SSSR count). The van der Waals surface area contributed by atoms with Crippen LogP contribution in [0.25, 0.3) is 28.2 Å². The Bertz CT molecular complexity index is 1210. The van der Waals surface area contributed by atoms with Crippen LogP contribution >= 0.6 is 0 Å². The Morgan fingerprint density at radius 3 is 2.38 bits per heavy atom. The molecule has 0 radical (unpaired) electrons. The van der Waals surface area contributed by atoms with Gasteiger partial charge in [-0.05, 0) is 49.4 Å². The summed E-state index contributed by atoms with van der Waals surface area (Å²) in [6.45, 7) is 6.77.